The van der Waals surface area contributed by atoms with Crippen molar-refractivity contribution >= 4 is 5.91 Å². The zero-order valence-corrected chi connectivity index (χ0v) is 10.1. The average Bonchev–Trinajstić information content (AvgIpc) is 2.90. The third kappa shape index (κ3) is 1.97. The van der Waals surface area contributed by atoms with E-state index in [4.69, 9.17) is 0 Å². The van der Waals surface area contributed by atoms with Crippen LogP contribution in [0.5, 0.6) is 0 Å². The largest absolute Gasteiger partial charge is 0.352 e. The minimum Gasteiger partial charge on any atom is -0.352 e. The van der Waals surface area contributed by atoms with Gasteiger partial charge in [-0.3, -0.25) is 4.79 Å². The molecule has 1 aliphatic heterocycles. The number of benzene rings is 1. The number of rotatable bonds is 2. The van der Waals surface area contributed by atoms with Crippen molar-refractivity contribution in [2.24, 2.45) is 5.41 Å². The molecule has 2 heteroatoms. The van der Waals surface area contributed by atoms with E-state index in [1.807, 2.05) is 6.07 Å². The SMILES string of the molecule is O=C1CC2(CCCC2)C(Cc2ccccc2)N1. The fraction of sp³-hybridized carbons (Fsp3) is 0.533. The Hall–Kier alpha value is -1.31. The number of hydrogen-bond donors (Lipinski definition) is 1. The Morgan fingerprint density at radius 2 is 1.88 bits per heavy atom. The predicted molar refractivity (Wildman–Crippen MR) is 67.6 cm³/mol. The summed E-state index contributed by atoms with van der Waals surface area (Å²) in [5.41, 5.74) is 1.61. The molecule has 2 fully saturated rings. The van der Waals surface area contributed by atoms with E-state index in [2.05, 4.69) is 29.6 Å². The number of amides is 1. The molecule has 1 spiro atoms. The van der Waals surface area contributed by atoms with E-state index in [9.17, 15) is 4.79 Å². The summed E-state index contributed by atoms with van der Waals surface area (Å²) in [6.07, 6.45) is 6.78. The number of carbonyl (C=O) groups excluding carboxylic acids is 1. The van der Waals surface area contributed by atoms with Crippen LogP contribution in [0.1, 0.15) is 37.7 Å². The first-order chi connectivity index (χ1) is 8.28. The van der Waals surface area contributed by atoms with Crippen molar-refractivity contribution in [2.75, 3.05) is 0 Å². The molecule has 0 radical (unpaired) electrons. The second-order valence-electron chi connectivity index (χ2n) is 5.56. The van der Waals surface area contributed by atoms with Crippen LogP contribution >= 0.6 is 0 Å². The molecule has 90 valence electrons. The van der Waals surface area contributed by atoms with Gasteiger partial charge in [0.2, 0.25) is 5.91 Å². The van der Waals surface area contributed by atoms with Crippen molar-refractivity contribution in [3.63, 3.8) is 0 Å². The lowest BCUT2D eigenvalue weighted by Gasteiger charge is -2.29. The second kappa shape index (κ2) is 4.17. The molecule has 2 aliphatic rings. The quantitative estimate of drug-likeness (QED) is 0.830. The van der Waals surface area contributed by atoms with E-state index in [0.29, 0.717) is 6.04 Å². The number of carbonyl (C=O) groups is 1. The molecule has 1 aromatic rings. The number of nitrogens with one attached hydrogen (secondary N) is 1. The Morgan fingerprint density at radius 3 is 2.59 bits per heavy atom. The summed E-state index contributed by atoms with van der Waals surface area (Å²) in [7, 11) is 0. The highest BCUT2D eigenvalue weighted by molar-refractivity contribution is 5.80. The lowest BCUT2D eigenvalue weighted by Crippen LogP contribution is -2.37. The molecule has 3 rings (SSSR count). The van der Waals surface area contributed by atoms with Gasteiger partial charge in [0.1, 0.15) is 0 Å². The van der Waals surface area contributed by atoms with Crippen molar-refractivity contribution in [3.8, 4) is 0 Å². The van der Waals surface area contributed by atoms with Crippen LogP contribution in [0.3, 0.4) is 0 Å². The van der Waals surface area contributed by atoms with Crippen molar-refractivity contribution in [1.29, 1.82) is 0 Å². The standard InChI is InChI=1S/C15H19NO/c17-14-11-15(8-4-5-9-15)13(16-14)10-12-6-2-1-3-7-12/h1-3,6-7,13H,4-5,8-11H2,(H,16,17). The first kappa shape index (κ1) is 10.8. The molecule has 1 unspecified atom stereocenters. The van der Waals surface area contributed by atoms with Gasteiger partial charge in [-0.25, -0.2) is 0 Å². The molecule has 1 N–H and O–H groups in total. The van der Waals surface area contributed by atoms with Gasteiger partial charge < -0.3 is 5.32 Å². The third-order valence-electron chi connectivity index (χ3n) is 4.47. The summed E-state index contributed by atoms with van der Waals surface area (Å²) in [5.74, 6) is 0.257. The monoisotopic (exact) mass is 229 g/mol. The van der Waals surface area contributed by atoms with Gasteiger partial charge >= 0.3 is 0 Å². The topological polar surface area (TPSA) is 29.1 Å². The van der Waals surface area contributed by atoms with Crippen LogP contribution in [0.4, 0.5) is 0 Å². The van der Waals surface area contributed by atoms with Crippen LogP contribution in [0.25, 0.3) is 0 Å². The molecular weight excluding hydrogens is 210 g/mol. The van der Waals surface area contributed by atoms with Crippen LogP contribution in [0, 0.1) is 5.41 Å². The lowest BCUT2D eigenvalue weighted by molar-refractivity contribution is -0.119. The Bertz CT molecular complexity index is 406. The summed E-state index contributed by atoms with van der Waals surface area (Å²) < 4.78 is 0. The summed E-state index contributed by atoms with van der Waals surface area (Å²) in [6, 6.07) is 10.9. The van der Waals surface area contributed by atoms with Crippen molar-refractivity contribution < 1.29 is 4.79 Å². The van der Waals surface area contributed by atoms with Crippen LogP contribution in [0.2, 0.25) is 0 Å². The van der Waals surface area contributed by atoms with Crippen molar-refractivity contribution in [2.45, 2.75) is 44.6 Å². The highest BCUT2D eigenvalue weighted by Crippen LogP contribution is 2.47. The lowest BCUT2D eigenvalue weighted by atomic mass is 9.76. The van der Waals surface area contributed by atoms with E-state index >= 15 is 0 Å². The van der Waals surface area contributed by atoms with Gasteiger partial charge in [-0.05, 0) is 30.2 Å². The molecule has 2 nitrogen and oxygen atoms in total. The smallest absolute Gasteiger partial charge is 0.220 e. The normalized spacial score (nSPS) is 26.4. The van der Waals surface area contributed by atoms with Gasteiger partial charge in [0, 0.05) is 12.5 Å². The van der Waals surface area contributed by atoms with Crippen LogP contribution < -0.4 is 5.32 Å². The molecule has 17 heavy (non-hydrogen) atoms. The molecule has 0 bridgehead atoms. The summed E-state index contributed by atoms with van der Waals surface area (Å²) in [6.45, 7) is 0. The zero-order chi connectivity index (χ0) is 11.7. The zero-order valence-electron chi connectivity index (χ0n) is 10.1. The van der Waals surface area contributed by atoms with E-state index in [1.54, 1.807) is 0 Å². The Morgan fingerprint density at radius 1 is 1.18 bits per heavy atom. The first-order valence-corrected chi connectivity index (χ1v) is 6.62. The summed E-state index contributed by atoms with van der Waals surface area (Å²) in [4.78, 5) is 11.7. The summed E-state index contributed by atoms with van der Waals surface area (Å²) >= 11 is 0. The van der Waals surface area contributed by atoms with Crippen molar-refractivity contribution in [3.05, 3.63) is 35.9 Å². The van der Waals surface area contributed by atoms with Gasteiger partial charge in [0.25, 0.3) is 0 Å². The maximum Gasteiger partial charge on any atom is 0.220 e. The van der Waals surface area contributed by atoms with Gasteiger partial charge in [0.15, 0.2) is 0 Å². The van der Waals surface area contributed by atoms with Gasteiger partial charge in [-0.15, -0.1) is 0 Å². The molecule has 1 aliphatic carbocycles. The molecular formula is C15H19NO. The van der Waals surface area contributed by atoms with Crippen molar-refractivity contribution in [1.82, 2.24) is 5.32 Å². The van der Waals surface area contributed by atoms with Crippen LogP contribution in [-0.2, 0) is 11.2 Å². The van der Waals surface area contributed by atoms with Gasteiger partial charge in [-0.2, -0.15) is 0 Å². The maximum absolute atomic E-state index is 11.7. The number of hydrogen-bond acceptors (Lipinski definition) is 1. The van der Waals surface area contributed by atoms with Crippen LogP contribution in [0.15, 0.2) is 30.3 Å². The fourth-order valence-corrected chi connectivity index (χ4v) is 3.56. The fourth-order valence-electron chi connectivity index (χ4n) is 3.56. The van der Waals surface area contributed by atoms with E-state index < -0.39 is 0 Å². The Labute approximate surface area is 102 Å². The molecule has 0 aromatic heterocycles. The molecule has 1 amide bonds. The van der Waals surface area contributed by atoms with E-state index in [1.165, 1.54) is 31.2 Å². The molecule has 1 saturated heterocycles. The van der Waals surface area contributed by atoms with E-state index in [0.717, 1.165) is 12.8 Å². The predicted octanol–water partition coefficient (Wildman–Crippen LogP) is 2.68. The Kier molecular flexibility index (Phi) is 2.65. The average molecular weight is 229 g/mol. The molecule has 1 heterocycles. The Balaban J connectivity index is 1.80. The third-order valence-corrected chi connectivity index (χ3v) is 4.47. The van der Waals surface area contributed by atoms with Gasteiger partial charge in [0.05, 0.1) is 0 Å². The first-order valence-electron chi connectivity index (χ1n) is 6.62. The second-order valence-corrected chi connectivity index (χ2v) is 5.56. The van der Waals surface area contributed by atoms with Crippen LogP contribution in [-0.4, -0.2) is 11.9 Å². The van der Waals surface area contributed by atoms with Gasteiger partial charge in [-0.1, -0.05) is 43.2 Å². The molecule has 1 aromatic carbocycles. The highest BCUT2D eigenvalue weighted by atomic mass is 16.2. The minimum atomic E-state index is 0.257. The molecule has 1 atom stereocenters. The maximum atomic E-state index is 11.7. The van der Waals surface area contributed by atoms with E-state index in [-0.39, 0.29) is 11.3 Å². The highest BCUT2D eigenvalue weighted by Gasteiger charge is 2.47. The minimum absolute atomic E-state index is 0.257. The summed E-state index contributed by atoms with van der Waals surface area (Å²) in [5, 5.41) is 3.20. The molecule has 1 saturated carbocycles.